The zero-order valence-corrected chi connectivity index (χ0v) is 21.8. The summed E-state index contributed by atoms with van der Waals surface area (Å²) in [5.41, 5.74) is 0. The average Bonchev–Trinajstić information content (AvgIpc) is 2.51. The Kier molecular flexibility index (Phi) is 13.6. The Balaban J connectivity index is 4.77. The van der Waals surface area contributed by atoms with Crippen molar-refractivity contribution < 1.29 is 12.3 Å². The van der Waals surface area contributed by atoms with Gasteiger partial charge in [0.25, 0.3) is 0 Å². The van der Waals surface area contributed by atoms with Gasteiger partial charge < -0.3 is 0 Å². The molecule has 0 aliphatic heterocycles. The van der Waals surface area contributed by atoms with E-state index in [-0.39, 0.29) is 0 Å². The molecular formula is C20H46FNO2SSi2. The lowest BCUT2D eigenvalue weighted by Gasteiger charge is -2.43. The topological polar surface area (TPSA) is 37.4 Å². The van der Waals surface area contributed by atoms with Gasteiger partial charge in [-0.05, 0) is 12.1 Å². The summed E-state index contributed by atoms with van der Waals surface area (Å²) in [7, 11) is -9.27. The van der Waals surface area contributed by atoms with Crippen LogP contribution in [0.2, 0.25) is 38.3 Å². The van der Waals surface area contributed by atoms with E-state index in [4.69, 9.17) is 0 Å². The minimum absolute atomic E-state index is 0.870. The summed E-state index contributed by atoms with van der Waals surface area (Å²) in [6, 6.07) is 1.74. The number of hydrogen-bond donors (Lipinski definition) is 0. The molecule has 0 aromatic rings. The van der Waals surface area contributed by atoms with Gasteiger partial charge in [-0.2, -0.15) is 8.42 Å². The summed E-state index contributed by atoms with van der Waals surface area (Å²) in [6.45, 7) is 12.6. The molecular weight excluding hydrogens is 393 g/mol. The van der Waals surface area contributed by atoms with E-state index in [2.05, 4.69) is 13.8 Å². The number of nitrogens with zero attached hydrogens (tertiary/aromatic N) is 1. The van der Waals surface area contributed by atoms with Crippen LogP contribution in [0.5, 0.6) is 0 Å². The second-order valence-electron chi connectivity index (χ2n) is 9.37. The van der Waals surface area contributed by atoms with Crippen LogP contribution in [0.25, 0.3) is 0 Å². The third-order valence-corrected chi connectivity index (χ3v) is 19.3. The molecule has 0 fully saturated rings. The quantitative estimate of drug-likeness (QED) is 0.133. The molecule has 0 aromatic heterocycles. The molecule has 0 aliphatic carbocycles. The first kappa shape index (κ1) is 27.3. The van der Waals surface area contributed by atoms with E-state index in [1.807, 2.05) is 26.2 Å². The Morgan fingerprint density at radius 1 is 0.630 bits per heavy atom. The van der Waals surface area contributed by atoms with E-state index in [0.29, 0.717) is 0 Å². The number of rotatable bonds is 17. The standard InChI is InChI=1S/C20H46FNO2SSi2/c1-7-9-11-13-15-17-19-26(3,4)22(25(21,23)24)27(5,6)20-18-16-14-12-10-8-2/h7-20H2,1-6H3. The van der Waals surface area contributed by atoms with Crippen LogP contribution >= 0.6 is 0 Å². The molecule has 0 heterocycles. The fourth-order valence-corrected chi connectivity index (χ4v) is 19.4. The van der Waals surface area contributed by atoms with E-state index in [1.54, 1.807) is 0 Å². The zero-order chi connectivity index (χ0) is 21.0. The molecule has 3 nitrogen and oxygen atoms in total. The molecule has 0 aromatic carbocycles. The van der Waals surface area contributed by atoms with Crippen LogP contribution in [-0.4, -0.2) is 28.5 Å². The van der Waals surface area contributed by atoms with Gasteiger partial charge in [0, 0.05) is 0 Å². The van der Waals surface area contributed by atoms with Crippen LogP contribution in [-0.2, 0) is 10.4 Å². The fourth-order valence-electron chi connectivity index (χ4n) is 4.29. The zero-order valence-electron chi connectivity index (χ0n) is 18.9. The van der Waals surface area contributed by atoms with Crippen LogP contribution in [0.4, 0.5) is 3.89 Å². The van der Waals surface area contributed by atoms with Crippen LogP contribution in [0, 0.1) is 0 Å². The Bertz CT molecular complexity index is 456. The molecule has 7 heteroatoms. The maximum atomic E-state index is 14.4. The molecule has 0 rings (SSSR count). The highest BCUT2D eigenvalue weighted by Crippen LogP contribution is 2.33. The van der Waals surface area contributed by atoms with Crippen LogP contribution in [0.15, 0.2) is 0 Å². The normalized spacial score (nSPS) is 13.5. The van der Waals surface area contributed by atoms with Gasteiger partial charge in [0.1, 0.15) is 16.5 Å². The van der Waals surface area contributed by atoms with Crippen molar-refractivity contribution in [2.24, 2.45) is 0 Å². The minimum Gasteiger partial charge on any atom is -0.221 e. The van der Waals surface area contributed by atoms with Crippen molar-refractivity contribution in [2.45, 2.75) is 129 Å². The maximum absolute atomic E-state index is 14.4. The van der Waals surface area contributed by atoms with Gasteiger partial charge in [-0.25, -0.2) is 3.64 Å². The molecule has 0 unspecified atom stereocenters. The van der Waals surface area contributed by atoms with Gasteiger partial charge in [-0.15, -0.1) is 0 Å². The lowest BCUT2D eigenvalue weighted by Crippen LogP contribution is -2.63. The second kappa shape index (κ2) is 13.5. The molecule has 27 heavy (non-hydrogen) atoms. The summed E-state index contributed by atoms with van der Waals surface area (Å²) in [6.07, 6.45) is 14.2. The molecule has 0 N–H and O–H groups in total. The van der Waals surface area contributed by atoms with Crippen molar-refractivity contribution in [1.82, 2.24) is 3.64 Å². The van der Waals surface area contributed by atoms with Crippen molar-refractivity contribution in [2.75, 3.05) is 0 Å². The Hall–Kier alpha value is 0.274. The molecule has 164 valence electrons. The number of halogens is 1. The summed E-state index contributed by atoms with van der Waals surface area (Å²) >= 11 is 0. The summed E-state index contributed by atoms with van der Waals surface area (Å²) in [4.78, 5) is 0. The van der Waals surface area contributed by atoms with Crippen molar-refractivity contribution in [3.8, 4) is 0 Å². The van der Waals surface area contributed by atoms with Crippen LogP contribution < -0.4 is 0 Å². The van der Waals surface area contributed by atoms with E-state index in [1.165, 1.54) is 55.0 Å². The molecule has 0 atom stereocenters. The summed E-state index contributed by atoms with van der Waals surface area (Å²) in [5, 5.41) is 0. The van der Waals surface area contributed by atoms with E-state index >= 15 is 0 Å². The van der Waals surface area contributed by atoms with Gasteiger partial charge >= 0.3 is 10.4 Å². The van der Waals surface area contributed by atoms with E-state index in [9.17, 15) is 12.3 Å². The molecule has 0 aliphatic rings. The van der Waals surface area contributed by atoms with Crippen LogP contribution in [0.1, 0.15) is 90.9 Å². The monoisotopic (exact) mass is 439 g/mol. The average molecular weight is 440 g/mol. The maximum Gasteiger partial charge on any atom is 0.362 e. The first-order chi connectivity index (χ1) is 12.5. The highest BCUT2D eigenvalue weighted by atomic mass is 32.3. The Labute approximate surface area is 172 Å². The van der Waals surface area contributed by atoms with Crippen molar-refractivity contribution in [3.63, 3.8) is 0 Å². The second-order valence-corrected chi connectivity index (χ2v) is 20.8. The third kappa shape index (κ3) is 11.8. The number of hydrogen-bond acceptors (Lipinski definition) is 2. The van der Waals surface area contributed by atoms with Gasteiger partial charge in [-0.1, -0.05) is 121 Å². The predicted octanol–water partition coefficient (Wildman–Crippen LogP) is 7.63. The van der Waals surface area contributed by atoms with Crippen molar-refractivity contribution in [3.05, 3.63) is 0 Å². The largest absolute Gasteiger partial charge is 0.362 e. The predicted molar refractivity (Wildman–Crippen MR) is 123 cm³/mol. The first-order valence-corrected chi connectivity index (χ1v) is 18.9. The smallest absolute Gasteiger partial charge is 0.221 e. The summed E-state index contributed by atoms with van der Waals surface area (Å²) < 4.78 is 40.0. The van der Waals surface area contributed by atoms with Crippen molar-refractivity contribution in [1.29, 1.82) is 0 Å². The van der Waals surface area contributed by atoms with E-state index < -0.39 is 26.9 Å². The van der Waals surface area contributed by atoms with Gasteiger partial charge in [-0.3, -0.25) is 0 Å². The van der Waals surface area contributed by atoms with Gasteiger partial charge in [0.05, 0.1) is 0 Å². The molecule has 0 saturated carbocycles. The first-order valence-electron chi connectivity index (χ1n) is 11.2. The fraction of sp³-hybridized carbons (Fsp3) is 1.00. The third-order valence-electron chi connectivity index (χ3n) is 5.60. The molecule has 0 saturated heterocycles. The van der Waals surface area contributed by atoms with E-state index in [0.717, 1.165) is 37.8 Å². The SMILES string of the molecule is CCCCCCCC[Si](C)(C)N([Si](C)(C)CCCCCCCC)S(=O)(=O)F. The Morgan fingerprint density at radius 3 is 1.22 bits per heavy atom. The lowest BCUT2D eigenvalue weighted by molar-refractivity contribution is 0.519. The summed E-state index contributed by atoms with van der Waals surface area (Å²) in [5.74, 6) is 0. The van der Waals surface area contributed by atoms with Crippen molar-refractivity contribution >= 4 is 26.9 Å². The highest BCUT2D eigenvalue weighted by Gasteiger charge is 2.47. The lowest BCUT2D eigenvalue weighted by atomic mass is 10.1. The van der Waals surface area contributed by atoms with Crippen LogP contribution in [0.3, 0.4) is 0 Å². The molecule has 0 radical (unpaired) electrons. The molecule has 0 bridgehead atoms. The minimum atomic E-state index is -4.63. The Morgan fingerprint density at radius 2 is 0.926 bits per heavy atom. The van der Waals surface area contributed by atoms with Gasteiger partial charge in [0.2, 0.25) is 0 Å². The molecule has 0 amide bonds. The highest BCUT2D eigenvalue weighted by molar-refractivity contribution is 7.87. The van der Waals surface area contributed by atoms with Gasteiger partial charge in [0.15, 0.2) is 0 Å². The number of unbranched alkanes of at least 4 members (excludes halogenated alkanes) is 10. The molecule has 0 spiro atoms.